The standard InChI is InChI=1S/C13H19N5O/c1-18-16-13(15-17-18)8-10(9-14)7-11-5-3-4-6-12(11)19-2/h3-6,10H,7-9,14H2,1-2H3. The van der Waals surface area contributed by atoms with Crippen LogP contribution in [0, 0.1) is 5.92 Å². The highest BCUT2D eigenvalue weighted by Gasteiger charge is 2.14. The largest absolute Gasteiger partial charge is 0.496 e. The van der Waals surface area contributed by atoms with Crippen LogP contribution in [0.1, 0.15) is 11.4 Å². The predicted octanol–water partition coefficient (Wildman–Crippen LogP) is 0.579. The lowest BCUT2D eigenvalue weighted by Crippen LogP contribution is -2.20. The van der Waals surface area contributed by atoms with Gasteiger partial charge in [0.2, 0.25) is 0 Å². The molecule has 0 aliphatic carbocycles. The maximum atomic E-state index is 5.84. The van der Waals surface area contributed by atoms with E-state index in [1.54, 1.807) is 14.2 Å². The van der Waals surface area contributed by atoms with Crippen LogP contribution in [0.15, 0.2) is 24.3 Å². The van der Waals surface area contributed by atoms with Crippen LogP contribution in [0.3, 0.4) is 0 Å². The fraction of sp³-hybridized carbons (Fsp3) is 0.462. The lowest BCUT2D eigenvalue weighted by molar-refractivity contribution is 0.403. The molecule has 1 atom stereocenters. The van der Waals surface area contributed by atoms with Gasteiger partial charge in [-0.25, -0.2) is 0 Å². The molecule has 0 spiro atoms. The number of nitrogens with zero attached hydrogens (tertiary/aromatic N) is 4. The lowest BCUT2D eigenvalue weighted by atomic mass is 9.95. The minimum atomic E-state index is 0.278. The van der Waals surface area contributed by atoms with Crippen molar-refractivity contribution in [2.45, 2.75) is 12.8 Å². The normalized spacial score (nSPS) is 12.4. The van der Waals surface area contributed by atoms with E-state index in [4.69, 9.17) is 10.5 Å². The fourth-order valence-corrected chi connectivity index (χ4v) is 2.08. The van der Waals surface area contributed by atoms with E-state index < -0.39 is 0 Å². The Kier molecular flexibility index (Phi) is 4.46. The first-order chi connectivity index (χ1) is 9.22. The van der Waals surface area contributed by atoms with Gasteiger partial charge in [0.25, 0.3) is 0 Å². The minimum absolute atomic E-state index is 0.278. The van der Waals surface area contributed by atoms with Crippen molar-refractivity contribution < 1.29 is 4.74 Å². The number of hydrogen-bond acceptors (Lipinski definition) is 5. The zero-order valence-electron chi connectivity index (χ0n) is 11.3. The smallest absolute Gasteiger partial charge is 0.175 e. The van der Waals surface area contributed by atoms with Crippen molar-refractivity contribution in [3.8, 4) is 5.75 Å². The van der Waals surface area contributed by atoms with Gasteiger partial charge in [0.1, 0.15) is 5.75 Å². The highest BCUT2D eigenvalue weighted by atomic mass is 16.5. The summed E-state index contributed by atoms with van der Waals surface area (Å²) in [5.74, 6) is 1.90. The van der Waals surface area contributed by atoms with Crippen molar-refractivity contribution in [1.29, 1.82) is 0 Å². The number of aryl methyl sites for hydroxylation is 1. The minimum Gasteiger partial charge on any atom is -0.496 e. The van der Waals surface area contributed by atoms with Crippen LogP contribution in [0.5, 0.6) is 5.75 Å². The second-order valence-electron chi connectivity index (χ2n) is 4.52. The third kappa shape index (κ3) is 3.51. The summed E-state index contributed by atoms with van der Waals surface area (Å²) in [4.78, 5) is 1.46. The summed E-state index contributed by atoms with van der Waals surface area (Å²) in [6, 6.07) is 7.99. The lowest BCUT2D eigenvalue weighted by Gasteiger charge is -2.15. The third-order valence-electron chi connectivity index (χ3n) is 3.06. The maximum absolute atomic E-state index is 5.84. The number of nitrogens with two attached hydrogens (primary N) is 1. The van der Waals surface area contributed by atoms with Gasteiger partial charge >= 0.3 is 0 Å². The number of rotatable bonds is 6. The summed E-state index contributed by atoms with van der Waals surface area (Å²) in [6.45, 7) is 0.580. The van der Waals surface area contributed by atoms with E-state index >= 15 is 0 Å². The van der Waals surface area contributed by atoms with E-state index in [9.17, 15) is 0 Å². The summed E-state index contributed by atoms with van der Waals surface area (Å²) < 4.78 is 5.36. The number of para-hydroxylation sites is 1. The van der Waals surface area contributed by atoms with Gasteiger partial charge in [-0.15, -0.1) is 10.2 Å². The Morgan fingerprint density at radius 2 is 2.11 bits per heavy atom. The van der Waals surface area contributed by atoms with Crippen molar-refractivity contribution in [1.82, 2.24) is 20.2 Å². The first kappa shape index (κ1) is 13.5. The molecule has 1 aromatic carbocycles. The first-order valence-electron chi connectivity index (χ1n) is 6.27. The second kappa shape index (κ2) is 6.29. The Balaban J connectivity index is 2.06. The highest BCUT2D eigenvalue weighted by Crippen LogP contribution is 2.21. The number of ether oxygens (including phenoxy) is 1. The molecule has 0 amide bonds. The summed E-state index contributed by atoms with van der Waals surface area (Å²) in [6.07, 6.45) is 1.57. The SMILES string of the molecule is COc1ccccc1CC(CN)Cc1nnn(C)n1. The number of hydrogen-bond donors (Lipinski definition) is 1. The van der Waals surface area contributed by atoms with Crippen LogP contribution in [-0.4, -0.2) is 33.9 Å². The van der Waals surface area contributed by atoms with Gasteiger partial charge in [0.15, 0.2) is 5.82 Å². The van der Waals surface area contributed by atoms with Gasteiger partial charge < -0.3 is 10.5 Å². The van der Waals surface area contributed by atoms with Gasteiger partial charge in [-0.1, -0.05) is 18.2 Å². The molecule has 19 heavy (non-hydrogen) atoms. The molecule has 1 aromatic heterocycles. The Hall–Kier alpha value is -1.95. The van der Waals surface area contributed by atoms with Gasteiger partial charge in [0.05, 0.1) is 14.2 Å². The van der Waals surface area contributed by atoms with E-state index in [1.165, 1.54) is 4.80 Å². The number of benzene rings is 1. The Labute approximate surface area is 112 Å². The van der Waals surface area contributed by atoms with E-state index in [0.29, 0.717) is 6.54 Å². The predicted molar refractivity (Wildman–Crippen MR) is 71.7 cm³/mol. The molecule has 6 nitrogen and oxygen atoms in total. The van der Waals surface area contributed by atoms with Crippen LogP contribution < -0.4 is 10.5 Å². The molecule has 0 aliphatic heterocycles. The molecule has 6 heteroatoms. The topological polar surface area (TPSA) is 78.9 Å². The monoisotopic (exact) mass is 261 g/mol. The molecule has 2 aromatic rings. The van der Waals surface area contributed by atoms with Gasteiger partial charge in [-0.05, 0) is 35.7 Å². The highest BCUT2D eigenvalue weighted by molar-refractivity contribution is 5.33. The molecule has 0 saturated carbocycles. The summed E-state index contributed by atoms with van der Waals surface area (Å²) in [5, 5.41) is 12.0. The van der Waals surface area contributed by atoms with Crippen LogP contribution in [0.4, 0.5) is 0 Å². The molecule has 102 valence electrons. The molecular formula is C13H19N5O. The van der Waals surface area contributed by atoms with Crippen LogP contribution in [0.25, 0.3) is 0 Å². The van der Waals surface area contributed by atoms with Crippen molar-refractivity contribution >= 4 is 0 Å². The maximum Gasteiger partial charge on any atom is 0.175 e. The van der Waals surface area contributed by atoms with Crippen molar-refractivity contribution in [2.24, 2.45) is 18.7 Å². The molecule has 0 aliphatic rings. The third-order valence-corrected chi connectivity index (χ3v) is 3.06. The molecule has 0 bridgehead atoms. The van der Waals surface area contributed by atoms with E-state index in [0.717, 1.165) is 30.0 Å². The Morgan fingerprint density at radius 1 is 1.32 bits per heavy atom. The van der Waals surface area contributed by atoms with Gasteiger partial charge in [-0.3, -0.25) is 0 Å². The zero-order valence-corrected chi connectivity index (χ0v) is 11.3. The molecule has 1 heterocycles. The molecule has 1 unspecified atom stereocenters. The molecule has 2 rings (SSSR count). The fourth-order valence-electron chi connectivity index (χ4n) is 2.08. The second-order valence-corrected chi connectivity index (χ2v) is 4.52. The summed E-state index contributed by atoms with van der Waals surface area (Å²) >= 11 is 0. The molecular weight excluding hydrogens is 242 g/mol. The van der Waals surface area contributed by atoms with E-state index in [-0.39, 0.29) is 5.92 Å². The number of methoxy groups -OCH3 is 1. The molecule has 0 saturated heterocycles. The molecule has 0 fully saturated rings. The zero-order chi connectivity index (χ0) is 13.7. The van der Waals surface area contributed by atoms with Crippen LogP contribution in [-0.2, 0) is 19.9 Å². The Morgan fingerprint density at radius 3 is 2.74 bits per heavy atom. The summed E-state index contributed by atoms with van der Waals surface area (Å²) in [5.41, 5.74) is 7.00. The van der Waals surface area contributed by atoms with Gasteiger partial charge in [0, 0.05) is 6.42 Å². The van der Waals surface area contributed by atoms with Crippen molar-refractivity contribution in [3.63, 3.8) is 0 Å². The Bertz CT molecular complexity index is 525. The molecule has 2 N–H and O–H groups in total. The van der Waals surface area contributed by atoms with E-state index in [1.807, 2.05) is 18.2 Å². The van der Waals surface area contributed by atoms with Gasteiger partial charge in [-0.2, -0.15) is 4.80 Å². The first-order valence-corrected chi connectivity index (χ1v) is 6.27. The van der Waals surface area contributed by atoms with Crippen LogP contribution >= 0.6 is 0 Å². The number of tetrazole rings is 1. The quantitative estimate of drug-likeness (QED) is 0.823. The van der Waals surface area contributed by atoms with Crippen molar-refractivity contribution in [3.05, 3.63) is 35.7 Å². The average Bonchev–Trinajstić information content (AvgIpc) is 2.84. The van der Waals surface area contributed by atoms with Crippen LogP contribution in [0.2, 0.25) is 0 Å². The summed E-state index contributed by atoms with van der Waals surface area (Å²) in [7, 11) is 3.44. The number of aromatic nitrogens is 4. The van der Waals surface area contributed by atoms with E-state index in [2.05, 4.69) is 21.5 Å². The van der Waals surface area contributed by atoms with Crippen molar-refractivity contribution in [2.75, 3.05) is 13.7 Å². The molecule has 0 radical (unpaired) electrons. The average molecular weight is 261 g/mol.